The highest BCUT2D eigenvalue weighted by molar-refractivity contribution is 7.89. The first-order chi connectivity index (χ1) is 19.5. The smallest absolute Gasteiger partial charge is 0.407 e. The van der Waals surface area contributed by atoms with E-state index < -0.39 is 46.4 Å². The van der Waals surface area contributed by atoms with Crippen molar-refractivity contribution in [3.05, 3.63) is 42.5 Å². The van der Waals surface area contributed by atoms with Gasteiger partial charge in [-0.05, 0) is 54.5 Å². The van der Waals surface area contributed by atoms with Crippen LogP contribution in [0.25, 0.3) is 10.8 Å². The zero-order chi connectivity index (χ0) is 29.7. The third-order valence-corrected chi connectivity index (χ3v) is 8.74. The number of imide groups is 1. The van der Waals surface area contributed by atoms with Gasteiger partial charge in [0.1, 0.15) is 6.04 Å². The molecular weight excluding hydrogens is 554 g/mol. The summed E-state index contributed by atoms with van der Waals surface area (Å²) in [4.78, 5) is 57.8. The summed E-state index contributed by atoms with van der Waals surface area (Å²) in [6.45, 7) is 0.847. The third-order valence-electron chi connectivity index (χ3n) is 7.27. The third kappa shape index (κ3) is 7.51. The number of amides is 5. The molecule has 222 valence electrons. The average molecular weight is 590 g/mol. The van der Waals surface area contributed by atoms with Crippen LogP contribution in [0.4, 0.5) is 9.59 Å². The normalized spacial score (nSPS) is 18.0. The van der Waals surface area contributed by atoms with Gasteiger partial charge < -0.3 is 15.3 Å². The van der Waals surface area contributed by atoms with Crippen molar-refractivity contribution in [2.75, 3.05) is 33.8 Å². The summed E-state index contributed by atoms with van der Waals surface area (Å²) in [6.07, 6.45) is 1.19. The minimum absolute atomic E-state index is 0.101. The molecule has 1 saturated heterocycles. The number of carboxylic acid groups (broad SMARTS) is 1. The van der Waals surface area contributed by atoms with Crippen molar-refractivity contribution in [3.8, 4) is 0 Å². The highest BCUT2D eigenvalue weighted by Gasteiger charge is 2.39. The molecule has 2 aliphatic rings. The van der Waals surface area contributed by atoms with Gasteiger partial charge in [-0.3, -0.25) is 19.3 Å². The number of rotatable bonds is 10. The summed E-state index contributed by atoms with van der Waals surface area (Å²) in [5.74, 6) is -1.67. The van der Waals surface area contributed by atoms with Crippen LogP contribution in [0.5, 0.6) is 0 Å². The van der Waals surface area contributed by atoms with Gasteiger partial charge in [0.05, 0.1) is 24.5 Å². The molecule has 1 aliphatic heterocycles. The molecule has 2 aromatic rings. The summed E-state index contributed by atoms with van der Waals surface area (Å²) in [7, 11) is -1.78. The Bertz CT molecular complexity index is 1410. The summed E-state index contributed by atoms with van der Waals surface area (Å²) in [5.41, 5.74) is 0. The van der Waals surface area contributed by atoms with Crippen molar-refractivity contribution in [2.24, 2.45) is 5.92 Å². The average Bonchev–Trinajstić information content (AvgIpc) is 3.80. The predicted molar refractivity (Wildman–Crippen MR) is 148 cm³/mol. The summed E-state index contributed by atoms with van der Waals surface area (Å²) < 4.78 is 29.1. The number of sulfonamides is 1. The van der Waals surface area contributed by atoms with Crippen LogP contribution in [0.3, 0.4) is 0 Å². The van der Waals surface area contributed by atoms with Crippen molar-refractivity contribution < 1.29 is 37.5 Å². The molecule has 2 fully saturated rings. The van der Waals surface area contributed by atoms with E-state index in [1.165, 1.54) is 31.2 Å². The standard InChI is InChI=1S/C27H35N5O8S/c1-30(26(35)32(40-2)21-10-11-21)25(34)23(15-24(33)28-16-18-6-5-13-31(17-18)27(36)37)29-41(38,39)22-12-9-19-7-3-4-8-20(19)14-22/h3-4,7-9,12,14,18,21,23,29H,5-6,10-11,13,15-17H2,1-2H3,(H,28,33)(H,36,37)/t18-,23-/m0/s1. The first-order valence-corrected chi connectivity index (χ1v) is 14.9. The van der Waals surface area contributed by atoms with Gasteiger partial charge in [-0.1, -0.05) is 30.3 Å². The number of likely N-dealkylation sites (N-methyl/N-ethyl adjacent to an activating group) is 1. The second kappa shape index (κ2) is 12.8. The van der Waals surface area contributed by atoms with Gasteiger partial charge in [-0.15, -0.1) is 0 Å². The van der Waals surface area contributed by atoms with Crippen molar-refractivity contribution >= 4 is 44.7 Å². The predicted octanol–water partition coefficient (Wildman–Crippen LogP) is 1.99. The fourth-order valence-corrected chi connectivity index (χ4v) is 6.08. The zero-order valence-electron chi connectivity index (χ0n) is 23.0. The number of carbonyl (C=O) groups is 4. The van der Waals surface area contributed by atoms with E-state index >= 15 is 0 Å². The second-order valence-electron chi connectivity index (χ2n) is 10.3. The topological polar surface area (TPSA) is 166 Å². The lowest BCUT2D eigenvalue weighted by atomic mass is 9.98. The first-order valence-electron chi connectivity index (χ1n) is 13.4. The SMILES string of the molecule is CON(C(=O)N(C)C(=O)[C@H](CC(=O)NC[C@@H]1CCCN(C(=O)O)C1)NS(=O)(=O)c1ccc2ccccc2c1)C1CC1. The lowest BCUT2D eigenvalue weighted by Gasteiger charge is -2.31. The monoisotopic (exact) mass is 589 g/mol. The van der Waals surface area contributed by atoms with Crippen molar-refractivity contribution in [1.82, 2.24) is 24.9 Å². The van der Waals surface area contributed by atoms with Gasteiger partial charge in [0, 0.05) is 26.7 Å². The van der Waals surface area contributed by atoms with Crippen LogP contribution in [0.1, 0.15) is 32.1 Å². The van der Waals surface area contributed by atoms with E-state index in [0.717, 1.165) is 15.3 Å². The molecule has 0 bridgehead atoms. The Labute approximate surface area is 238 Å². The molecule has 2 atom stereocenters. The van der Waals surface area contributed by atoms with E-state index in [9.17, 15) is 32.7 Å². The maximum atomic E-state index is 13.5. The van der Waals surface area contributed by atoms with Gasteiger partial charge in [0.2, 0.25) is 21.8 Å². The minimum Gasteiger partial charge on any atom is -0.465 e. The van der Waals surface area contributed by atoms with Crippen LogP contribution in [0.2, 0.25) is 0 Å². The highest BCUT2D eigenvalue weighted by atomic mass is 32.2. The number of benzene rings is 2. The van der Waals surface area contributed by atoms with Crippen LogP contribution in [0.15, 0.2) is 47.4 Å². The van der Waals surface area contributed by atoms with Crippen LogP contribution in [-0.4, -0.2) is 98.2 Å². The Kier molecular flexibility index (Phi) is 9.46. The van der Waals surface area contributed by atoms with Crippen LogP contribution >= 0.6 is 0 Å². The molecule has 0 unspecified atom stereocenters. The Hall–Kier alpha value is -3.75. The first kappa shape index (κ1) is 30.2. The maximum absolute atomic E-state index is 13.5. The van der Waals surface area contributed by atoms with E-state index in [1.54, 1.807) is 18.2 Å². The minimum atomic E-state index is -4.29. The van der Waals surface area contributed by atoms with Gasteiger partial charge >= 0.3 is 12.1 Å². The number of piperidine rings is 1. The Morgan fingerprint density at radius 1 is 1.10 bits per heavy atom. The van der Waals surface area contributed by atoms with E-state index in [1.807, 2.05) is 12.1 Å². The molecule has 3 N–H and O–H groups in total. The molecular formula is C27H35N5O8S. The fraction of sp³-hybridized carbons (Fsp3) is 0.481. The number of fused-ring (bicyclic) bond motifs is 1. The fourth-order valence-electron chi connectivity index (χ4n) is 4.86. The number of hydrogen-bond donors (Lipinski definition) is 3. The highest BCUT2D eigenvalue weighted by Crippen LogP contribution is 2.28. The molecule has 0 radical (unpaired) electrons. The van der Waals surface area contributed by atoms with E-state index in [4.69, 9.17) is 4.84 Å². The number of hydroxylamine groups is 2. The van der Waals surface area contributed by atoms with Crippen LogP contribution in [-0.2, 0) is 24.4 Å². The zero-order valence-corrected chi connectivity index (χ0v) is 23.8. The van der Waals surface area contributed by atoms with Crippen molar-refractivity contribution in [2.45, 2.75) is 49.1 Å². The van der Waals surface area contributed by atoms with E-state index in [2.05, 4.69) is 10.0 Å². The largest absolute Gasteiger partial charge is 0.465 e. The number of nitrogens with one attached hydrogen (secondary N) is 2. The maximum Gasteiger partial charge on any atom is 0.407 e. The number of carbonyl (C=O) groups excluding carboxylic acids is 3. The summed E-state index contributed by atoms with van der Waals surface area (Å²) in [6, 6.07) is 9.14. The molecule has 5 amide bonds. The van der Waals surface area contributed by atoms with E-state index in [0.29, 0.717) is 37.6 Å². The summed E-state index contributed by atoms with van der Waals surface area (Å²) in [5, 5.41) is 14.5. The lowest BCUT2D eigenvalue weighted by molar-refractivity contribution is -0.138. The molecule has 0 aromatic heterocycles. The number of hydrogen-bond acceptors (Lipinski definition) is 7. The van der Waals surface area contributed by atoms with Gasteiger partial charge in [-0.2, -0.15) is 9.79 Å². The number of nitrogens with zero attached hydrogens (tertiary/aromatic N) is 3. The van der Waals surface area contributed by atoms with Gasteiger partial charge in [-0.25, -0.2) is 18.0 Å². The molecule has 4 rings (SSSR count). The van der Waals surface area contributed by atoms with Crippen LogP contribution in [0, 0.1) is 5.92 Å². The molecule has 2 aromatic carbocycles. The Morgan fingerprint density at radius 3 is 2.46 bits per heavy atom. The molecule has 1 heterocycles. The van der Waals surface area contributed by atoms with Gasteiger partial charge in [0.25, 0.3) is 0 Å². The molecule has 13 nitrogen and oxygen atoms in total. The molecule has 41 heavy (non-hydrogen) atoms. The number of likely N-dealkylation sites (tertiary alicyclic amines) is 1. The Balaban J connectivity index is 1.50. The van der Waals surface area contributed by atoms with Gasteiger partial charge in [0.15, 0.2) is 0 Å². The molecule has 0 spiro atoms. The molecule has 14 heteroatoms. The second-order valence-corrected chi connectivity index (χ2v) is 12.1. The molecule has 1 aliphatic carbocycles. The number of urea groups is 1. The van der Waals surface area contributed by atoms with E-state index in [-0.39, 0.29) is 29.9 Å². The molecule has 1 saturated carbocycles. The van der Waals surface area contributed by atoms with Crippen molar-refractivity contribution in [3.63, 3.8) is 0 Å². The lowest BCUT2D eigenvalue weighted by Crippen LogP contribution is -2.54. The quantitative estimate of drug-likeness (QED) is 0.354. The summed E-state index contributed by atoms with van der Waals surface area (Å²) >= 11 is 0. The van der Waals surface area contributed by atoms with Crippen molar-refractivity contribution in [1.29, 1.82) is 0 Å². The van der Waals surface area contributed by atoms with Crippen LogP contribution < -0.4 is 10.0 Å². The Morgan fingerprint density at radius 2 is 1.80 bits per heavy atom.